The number of ether oxygens (including phenoxy) is 1. The van der Waals surface area contributed by atoms with Crippen LogP contribution in [0.3, 0.4) is 0 Å². The number of thiazole rings is 1. The molecule has 0 saturated carbocycles. The normalized spacial score (nSPS) is 10.8. The number of benzene rings is 1. The van der Waals surface area contributed by atoms with Gasteiger partial charge in [-0.3, -0.25) is 5.10 Å². The lowest BCUT2D eigenvalue weighted by atomic mass is 10.0. The Morgan fingerprint density at radius 2 is 2.05 bits per heavy atom. The molecule has 0 unspecified atom stereocenters. The predicted octanol–water partition coefficient (Wildman–Crippen LogP) is 3.53. The molecule has 0 aliphatic heterocycles. The van der Waals surface area contributed by atoms with E-state index in [-0.39, 0.29) is 5.75 Å². The van der Waals surface area contributed by atoms with Gasteiger partial charge in [-0.05, 0) is 26.0 Å². The third-order valence-electron chi connectivity index (χ3n) is 3.40. The minimum absolute atomic E-state index is 0.187. The fourth-order valence-corrected chi connectivity index (χ4v) is 2.89. The van der Waals surface area contributed by atoms with Crippen LogP contribution in [0.5, 0.6) is 11.5 Å². The number of aromatic nitrogens is 3. The number of aromatic hydroxyl groups is 1. The van der Waals surface area contributed by atoms with Crippen molar-refractivity contribution < 1.29 is 9.84 Å². The predicted molar refractivity (Wildman–Crippen MR) is 82.8 cm³/mol. The lowest BCUT2D eigenvalue weighted by Gasteiger charge is -2.11. The molecule has 0 atom stereocenters. The first-order valence-electron chi connectivity index (χ1n) is 6.44. The van der Waals surface area contributed by atoms with E-state index in [2.05, 4.69) is 15.2 Å². The van der Waals surface area contributed by atoms with Gasteiger partial charge in [-0.1, -0.05) is 0 Å². The van der Waals surface area contributed by atoms with Gasteiger partial charge in [0, 0.05) is 22.1 Å². The number of aryl methyl sites for hydroxylation is 1. The lowest BCUT2D eigenvalue weighted by molar-refractivity contribution is 0.403. The van der Waals surface area contributed by atoms with Crippen LogP contribution in [0, 0.1) is 13.8 Å². The largest absolute Gasteiger partial charge is 0.507 e. The van der Waals surface area contributed by atoms with Gasteiger partial charge in [0.25, 0.3) is 0 Å². The van der Waals surface area contributed by atoms with E-state index in [9.17, 15) is 5.11 Å². The molecule has 5 nitrogen and oxygen atoms in total. The third kappa shape index (κ3) is 2.27. The van der Waals surface area contributed by atoms with Crippen LogP contribution in [0.1, 0.15) is 10.6 Å². The molecule has 6 heteroatoms. The molecule has 2 heterocycles. The number of phenols is 1. The molecular weight excluding hydrogens is 286 g/mol. The summed E-state index contributed by atoms with van der Waals surface area (Å²) in [6.45, 7) is 3.78. The Kier molecular flexibility index (Phi) is 3.39. The number of phenolic OH excluding ortho intramolecular Hbond substituents is 1. The summed E-state index contributed by atoms with van der Waals surface area (Å²) in [5.41, 5.74) is 3.87. The van der Waals surface area contributed by atoms with Crippen LogP contribution in [-0.2, 0) is 0 Å². The van der Waals surface area contributed by atoms with E-state index in [4.69, 9.17) is 4.74 Å². The van der Waals surface area contributed by atoms with E-state index < -0.39 is 0 Å². The van der Waals surface area contributed by atoms with E-state index in [0.717, 1.165) is 22.0 Å². The molecule has 2 N–H and O–H groups in total. The highest BCUT2D eigenvalue weighted by Gasteiger charge is 2.17. The van der Waals surface area contributed by atoms with Gasteiger partial charge in [0.15, 0.2) is 0 Å². The van der Waals surface area contributed by atoms with Crippen LogP contribution in [0.2, 0.25) is 0 Å². The van der Waals surface area contributed by atoms with Crippen LogP contribution in [0.25, 0.3) is 22.5 Å². The van der Waals surface area contributed by atoms with E-state index in [0.29, 0.717) is 16.9 Å². The van der Waals surface area contributed by atoms with Crippen LogP contribution >= 0.6 is 11.3 Å². The molecule has 21 heavy (non-hydrogen) atoms. The van der Waals surface area contributed by atoms with Crippen molar-refractivity contribution in [3.05, 3.63) is 34.3 Å². The highest BCUT2D eigenvalue weighted by Crippen LogP contribution is 2.39. The minimum Gasteiger partial charge on any atom is -0.507 e. The second kappa shape index (κ2) is 5.21. The van der Waals surface area contributed by atoms with Crippen LogP contribution in [0.4, 0.5) is 0 Å². The molecular formula is C15H15N3O2S. The van der Waals surface area contributed by atoms with Gasteiger partial charge < -0.3 is 9.84 Å². The van der Waals surface area contributed by atoms with Gasteiger partial charge in [-0.25, -0.2) is 4.98 Å². The molecule has 3 aromatic rings. The number of methoxy groups -OCH3 is 1. The molecule has 0 spiro atoms. The van der Waals surface area contributed by atoms with E-state index in [1.807, 2.05) is 31.4 Å². The van der Waals surface area contributed by atoms with Crippen molar-refractivity contribution in [3.63, 3.8) is 0 Å². The summed E-state index contributed by atoms with van der Waals surface area (Å²) >= 11 is 1.58. The molecule has 3 rings (SSSR count). The van der Waals surface area contributed by atoms with Gasteiger partial charge >= 0.3 is 0 Å². The fraction of sp³-hybridized carbons (Fsp3) is 0.200. The van der Waals surface area contributed by atoms with Gasteiger partial charge in [0.05, 0.1) is 29.7 Å². The second-order valence-electron chi connectivity index (χ2n) is 4.70. The monoisotopic (exact) mass is 301 g/mol. The van der Waals surface area contributed by atoms with Crippen molar-refractivity contribution in [2.75, 3.05) is 7.11 Å². The summed E-state index contributed by atoms with van der Waals surface area (Å²) in [5, 5.41) is 20.4. The van der Waals surface area contributed by atoms with Crippen LogP contribution < -0.4 is 4.74 Å². The molecule has 0 amide bonds. The highest BCUT2D eigenvalue weighted by atomic mass is 32.1. The number of hydrogen-bond donors (Lipinski definition) is 2. The molecule has 0 aliphatic rings. The maximum atomic E-state index is 10.4. The molecule has 0 aliphatic carbocycles. The number of nitrogens with one attached hydrogen (secondary N) is 1. The smallest absolute Gasteiger partial charge is 0.131 e. The Balaban J connectivity index is 2.15. The third-order valence-corrected chi connectivity index (χ3v) is 4.18. The number of H-pyrrole nitrogens is 1. The van der Waals surface area contributed by atoms with E-state index >= 15 is 0 Å². The molecule has 0 bridgehead atoms. The minimum atomic E-state index is 0.187. The fourth-order valence-electron chi connectivity index (χ4n) is 2.28. The quantitative estimate of drug-likeness (QED) is 0.776. The van der Waals surface area contributed by atoms with Gasteiger partial charge in [-0.15, -0.1) is 11.3 Å². The Bertz CT molecular complexity index is 792. The number of hydrogen-bond acceptors (Lipinski definition) is 5. The van der Waals surface area contributed by atoms with Gasteiger partial charge in [-0.2, -0.15) is 5.10 Å². The molecule has 0 fully saturated rings. The zero-order valence-electron chi connectivity index (χ0n) is 12.0. The van der Waals surface area contributed by atoms with Gasteiger partial charge in [0.1, 0.15) is 11.5 Å². The summed E-state index contributed by atoms with van der Waals surface area (Å²) in [6, 6.07) is 3.65. The van der Waals surface area contributed by atoms with Crippen molar-refractivity contribution in [3.8, 4) is 34.0 Å². The Morgan fingerprint density at radius 3 is 2.71 bits per heavy atom. The maximum absolute atomic E-state index is 10.4. The summed E-state index contributed by atoms with van der Waals surface area (Å²) in [6.07, 6.45) is 1.73. The van der Waals surface area contributed by atoms with Crippen molar-refractivity contribution >= 4 is 11.3 Å². The number of aromatic amines is 1. The Hall–Kier alpha value is -2.34. The number of rotatable bonds is 3. The molecule has 108 valence electrons. The van der Waals surface area contributed by atoms with E-state index in [1.54, 1.807) is 24.6 Å². The van der Waals surface area contributed by atoms with Crippen LogP contribution in [-0.4, -0.2) is 27.4 Å². The van der Waals surface area contributed by atoms with Crippen molar-refractivity contribution in [2.45, 2.75) is 13.8 Å². The first-order valence-corrected chi connectivity index (χ1v) is 7.32. The second-order valence-corrected chi connectivity index (χ2v) is 5.76. The topological polar surface area (TPSA) is 71.0 Å². The molecule has 0 radical (unpaired) electrons. The average Bonchev–Trinajstić information content (AvgIpc) is 3.10. The van der Waals surface area contributed by atoms with E-state index in [1.165, 1.54) is 0 Å². The summed E-state index contributed by atoms with van der Waals surface area (Å²) < 4.78 is 5.22. The molecule has 2 aromatic heterocycles. The lowest BCUT2D eigenvalue weighted by Crippen LogP contribution is -1.91. The average molecular weight is 301 g/mol. The molecule has 1 aromatic carbocycles. The maximum Gasteiger partial charge on any atom is 0.131 e. The Morgan fingerprint density at radius 1 is 1.24 bits per heavy atom. The first-order chi connectivity index (χ1) is 10.1. The Labute approximate surface area is 126 Å². The van der Waals surface area contributed by atoms with Crippen molar-refractivity contribution in [2.24, 2.45) is 0 Å². The number of nitrogens with zero attached hydrogens (tertiary/aromatic N) is 2. The van der Waals surface area contributed by atoms with Crippen molar-refractivity contribution in [1.82, 2.24) is 15.2 Å². The zero-order chi connectivity index (χ0) is 15.0. The SMILES string of the molecule is COc1ccc(-c2[nH]ncc2-c2csc(C)n2)c(O)c1C. The first kappa shape index (κ1) is 13.6. The van der Waals surface area contributed by atoms with Gasteiger partial charge in [0.2, 0.25) is 0 Å². The van der Waals surface area contributed by atoms with Crippen molar-refractivity contribution in [1.29, 1.82) is 0 Å². The standard InChI is InChI=1S/C15H15N3O2S/c1-8-13(20-3)5-4-10(15(8)19)14-11(6-16-18-14)12-7-21-9(2)17-12/h4-7,19H,1-3H3,(H,16,18). The summed E-state index contributed by atoms with van der Waals surface area (Å²) in [4.78, 5) is 4.48. The zero-order valence-corrected chi connectivity index (χ0v) is 12.8. The van der Waals surface area contributed by atoms with Crippen LogP contribution in [0.15, 0.2) is 23.7 Å². The molecule has 0 saturated heterocycles. The summed E-state index contributed by atoms with van der Waals surface area (Å²) in [7, 11) is 1.58. The highest BCUT2D eigenvalue weighted by molar-refractivity contribution is 7.09. The summed E-state index contributed by atoms with van der Waals surface area (Å²) in [5.74, 6) is 0.841.